The fraction of sp³-hybridized carbons (Fsp3) is 0.818. The molecule has 0 saturated carbocycles. The zero-order valence-electron chi connectivity index (χ0n) is 10.2. The Morgan fingerprint density at radius 2 is 1.44 bits per heavy atom. The molecule has 0 aromatic carbocycles. The number of carboxylic acid groups (broad SMARTS) is 1. The molecule has 0 fully saturated rings. The molecule has 5 N–H and O–H groups in total. The van der Waals surface area contributed by atoms with Gasteiger partial charge in [-0.3, -0.25) is 9.59 Å². The van der Waals surface area contributed by atoms with Crippen LogP contribution in [0, 0.1) is 5.41 Å². The predicted molar refractivity (Wildman–Crippen MR) is 60.8 cm³/mol. The van der Waals surface area contributed by atoms with E-state index in [-0.39, 0.29) is 19.3 Å². The Morgan fingerprint density at radius 1 is 1.06 bits per heavy atom. The van der Waals surface area contributed by atoms with Crippen molar-refractivity contribution in [2.75, 3.05) is 13.2 Å². The van der Waals surface area contributed by atoms with Gasteiger partial charge < -0.3 is 25.5 Å². The highest BCUT2D eigenvalue weighted by Gasteiger charge is 2.42. The third kappa shape index (κ3) is 5.09. The first-order chi connectivity index (χ1) is 8.27. The van der Waals surface area contributed by atoms with E-state index in [0.29, 0.717) is 0 Å². The lowest BCUT2D eigenvalue weighted by Gasteiger charge is -2.31. The second kappa shape index (κ2) is 7.42. The number of Topliss-reactive ketones (excluding diaryl/α,β-unsaturated/α-hetero) is 1. The summed E-state index contributed by atoms with van der Waals surface area (Å²) in [7, 11) is 0. The van der Waals surface area contributed by atoms with Gasteiger partial charge in [-0.15, -0.1) is 0 Å². The number of carboxylic acids is 1. The summed E-state index contributed by atoms with van der Waals surface area (Å²) >= 11 is 0. The Morgan fingerprint density at radius 3 is 1.67 bits per heavy atom. The van der Waals surface area contributed by atoms with Crippen molar-refractivity contribution in [1.29, 1.82) is 0 Å². The molecular weight excluding hydrogens is 244 g/mol. The molecule has 106 valence electrons. The van der Waals surface area contributed by atoms with E-state index in [1.54, 1.807) is 0 Å². The van der Waals surface area contributed by atoms with Gasteiger partial charge in [0.05, 0.1) is 30.8 Å². The lowest BCUT2D eigenvalue weighted by Crippen LogP contribution is -2.41. The second-order valence-corrected chi connectivity index (χ2v) is 4.55. The first-order valence-corrected chi connectivity index (χ1v) is 5.58. The number of carbonyl (C=O) groups is 2. The number of aliphatic carboxylic acids is 1. The van der Waals surface area contributed by atoms with E-state index >= 15 is 0 Å². The fourth-order valence-electron chi connectivity index (χ4n) is 1.99. The molecule has 0 aromatic rings. The number of carbonyl (C=O) groups excluding carboxylic acids is 1. The smallest absolute Gasteiger partial charge is 0.310 e. The van der Waals surface area contributed by atoms with E-state index in [1.807, 2.05) is 0 Å². The minimum absolute atomic E-state index is 0.366. The normalized spacial score (nSPS) is 17.8. The van der Waals surface area contributed by atoms with Gasteiger partial charge in [-0.1, -0.05) is 0 Å². The number of hydrogen-bond acceptors (Lipinski definition) is 6. The third-order valence-electron chi connectivity index (χ3n) is 2.72. The average molecular weight is 264 g/mol. The molecule has 0 rings (SSSR count). The SMILES string of the molecule is CC(=O)CC(CC(O)CO)(CC(O)CO)C(=O)O. The van der Waals surface area contributed by atoms with Gasteiger partial charge in [-0.2, -0.15) is 0 Å². The molecule has 0 aliphatic carbocycles. The van der Waals surface area contributed by atoms with E-state index in [2.05, 4.69) is 0 Å². The van der Waals surface area contributed by atoms with Crippen LogP contribution in [0.2, 0.25) is 0 Å². The maximum Gasteiger partial charge on any atom is 0.310 e. The van der Waals surface area contributed by atoms with Gasteiger partial charge in [0.2, 0.25) is 0 Å². The minimum atomic E-state index is -1.68. The number of rotatable bonds is 9. The molecule has 0 saturated heterocycles. The van der Waals surface area contributed by atoms with Gasteiger partial charge in [0.15, 0.2) is 0 Å². The number of aliphatic hydroxyl groups is 4. The van der Waals surface area contributed by atoms with Gasteiger partial charge >= 0.3 is 5.97 Å². The van der Waals surface area contributed by atoms with Crippen molar-refractivity contribution in [2.45, 2.75) is 38.4 Å². The van der Waals surface area contributed by atoms with Crippen LogP contribution in [-0.4, -0.2) is 62.7 Å². The predicted octanol–water partition coefficient (Wildman–Crippen LogP) is -1.48. The van der Waals surface area contributed by atoms with Crippen molar-refractivity contribution in [2.24, 2.45) is 5.41 Å². The van der Waals surface area contributed by atoms with Gasteiger partial charge in [-0.05, 0) is 19.8 Å². The first-order valence-electron chi connectivity index (χ1n) is 5.58. The lowest BCUT2D eigenvalue weighted by atomic mass is 9.74. The van der Waals surface area contributed by atoms with E-state index in [1.165, 1.54) is 6.92 Å². The minimum Gasteiger partial charge on any atom is -0.481 e. The summed E-state index contributed by atoms with van der Waals surface area (Å²) in [5.41, 5.74) is -1.68. The Bertz CT molecular complexity index is 277. The summed E-state index contributed by atoms with van der Waals surface area (Å²) in [6, 6.07) is 0. The van der Waals surface area contributed by atoms with Crippen molar-refractivity contribution >= 4 is 11.8 Å². The Labute approximate surface area is 105 Å². The highest BCUT2D eigenvalue weighted by atomic mass is 16.4. The maximum absolute atomic E-state index is 11.3. The van der Waals surface area contributed by atoms with E-state index < -0.39 is 42.6 Å². The highest BCUT2D eigenvalue weighted by molar-refractivity contribution is 5.84. The number of aliphatic hydroxyl groups excluding tert-OH is 4. The van der Waals surface area contributed by atoms with Crippen LogP contribution >= 0.6 is 0 Å². The zero-order chi connectivity index (χ0) is 14.3. The van der Waals surface area contributed by atoms with Crippen molar-refractivity contribution in [3.8, 4) is 0 Å². The lowest BCUT2D eigenvalue weighted by molar-refractivity contribution is -0.157. The molecule has 0 bridgehead atoms. The summed E-state index contributed by atoms with van der Waals surface area (Å²) in [6.07, 6.45) is -3.71. The van der Waals surface area contributed by atoms with Crippen LogP contribution in [0.25, 0.3) is 0 Å². The van der Waals surface area contributed by atoms with Gasteiger partial charge in [-0.25, -0.2) is 0 Å². The van der Waals surface area contributed by atoms with Crippen LogP contribution in [-0.2, 0) is 9.59 Å². The fourth-order valence-corrected chi connectivity index (χ4v) is 1.99. The molecule has 0 spiro atoms. The third-order valence-corrected chi connectivity index (χ3v) is 2.72. The summed E-state index contributed by atoms with van der Waals surface area (Å²) < 4.78 is 0. The zero-order valence-corrected chi connectivity index (χ0v) is 10.2. The van der Waals surface area contributed by atoms with Crippen LogP contribution in [0.15, 0.2) is 0 Å². The monoisotopic (exact) mass is 264 g/mol. The van der Waals surface area contributed by atoms with Crippen molar-refractivity contribution < 1.29 is 35.1 Å². The summed E-state index contributed by atoms with van der Waals surface area (Å²) in [5, 5.41) is 45.5. The standard InChI is InChI=1S/C11H20O7/c1-7(14)2-11(10(17)18,3-8(15)5-12)4-9(16)6-13/h8-9,12-13,15-16H,2-6H2,1H3,(H,17,18). The first kappa shape index (κ1) is 17.0. The molecule has 0 heterocycles. The summed E-state index contributed by atoms with van der Waals surface area (Å²) in [4.78, 5) is 22.5. The number of ketones is 1. The molecule has 2 atom stereocenters. The molecule has 7 heteroatoms. The molecule has 18 heavy (non-hydrogen) atoms. The topological polar surface area (TPSA) is 135 Å². The Kier molecular flexibility index (Phi) is 7.00. The summed E-state index contributed by atoms with van der Waals surface area (Å²) in [5.74, 6) is -1.76. The molecule has 0 aliphatic rings. The van der Waals surface area contributed by atoms with Crippen LogP contribution in [0.3, 0.4) is 0 Å². The molecule has 0 radical (unpaired) electrons. The van der Waals surface area contributed by atoms with E-state index in [4.69, 9.17) is 10.2 Å². The van der Waals surface area contributed by atoms with E-state index in [0.717, 1.165) is 0 Å². The van der Waals surface area contributed by atoms with Crippen LogP contribution in [0.5, 0.6) is 0 Å². The Hall–Kier alpha value is -1.02. The van der Waals surface area contributed by atoms with Gasteiger partial charge in [0.25, 0.3) is 0 Å². The number of hydrogen-bond donors (Lipinski definition) is 5. The van der Waals surface area contributed by atoms with Gasteiger partial charge in [0.1, 0.15) is 5.78 Å². The maximum atomic E-state index is 11.3. The summed E-state index contributed by atoms with van der Waals surface area (Å²) in [6.45, 7) is -0.0708. The van der Waals surface area contributed by atoms with E-state index in [9.17, 15) is 24.9 Å². The Balaban J connectivity index is 5.14. The largest absolute Gasteiger partial charge is 0.481 e. The highest BCUT2D eigenvalue weighted by Crippen LogP contribution is 2.34. The average Bonchev–Trinajstić information content (AvgIpc) is 2.27. The van der Waals surface area contributed by atoms with Crippen LogP contribution < -0.4 is 0 Å². The van der Waals surface area contributed by atoms with Crippen LogP contribution in [0.4, 0.5) is 0 Å². The molecular formula is C11H20O7. The second-order valence-electron chi connectivity index (χ2n) is 4.55. The molecule has 2 unspecified atom stereocenters. The van der Waals surface area contributed by atoms with Crippen molar-refractivity contribution in [3.63, 3.8) is 0 Å². The molecule has 0 aliphatic heterocycles. The van der Waals surface area contributed by atoms with Crippen molar-refractivity contribution in [3.05, 3.63) is 0 Å². The molecule has 7 nitrogen and oxygen atoms in total. The molecule has 0 amide bonds. The quantitative estimate of drug-likeness (QED) is 0.343. The van der Waals surface area contributed by atoms with Crippen LogP contribution in [0.1, 0.15) is 26.2 Å². The van der Waals surface area contributed by atoms with Gasteiger partial charge in [0, 0.05) is 6.42 Å². The molecule has 0 aromatic heterocycles. The van der Waals surface area contributed by atoms with Crippen molar-refractivity contribution in [1.82, 2.24) is 0 Å².